The molecule has 0 radical (unpaired) electrons. The van der Waals surface area contributed by atoms with Crippen molar-refractivity contribution in [1.29, 1.82) is 0 Å². The summed E-state index contributed by atoms with van der Waals surface area (Å²) in [6.45, 7) is 7.33. The van der Waals surface area contributed by atoms with Crippen molar-refractivity contribution in [2.24, 2.45) is 0 Å². The zero-order chi connectivity index (χ0) is 14.9. The van der Waals surface area contributed by atoms with E-state index in [0.717, 1.165) is 12.0 Å². The monoisotopic (exact) mass is 274 g/mol. The molecule has 1 N–H and O–H groups in total. The van der Waals surface area contributed by atoms with Gasteiger partial charge in [0, 0.05) is 0 Å². The topological polar surface area (TPSA) is 49.4 Å². The van der Waals surface area contributed by atoms with Crippen LogP contribution in [0.25, 0.3) is 0 Å². The lowest BCUT2D eigenvalue weighted by molar-refractivity contribution is -0.156. The molecule has 20 heavy (non-hydrogen) atoms. The fourth-order valence-corrected chi connectivity index (χ4v) is 2.77. The van der Waals surface area contributed by atoms with Crippen molar-refractivity contribution in [2.45, 2.75) is 51.7 Å². The van der Waals surface area contributed by atoms with E-state index in [-0.39, 0.29) is 17.9 Å². The van der Waals surface area contributed by atoms with Gasteiger partial charge in [-0.1, -0.05) is 37.3 Å². The molecule has 0 bridgehead atoms. The van der Waals surface area contributed by atoms with E-state index in [2.05, 4.69) is 5.32 Å². The Kier molecular flexibility index (Phi) is 3.84. The molecule has 0 spiro atoms. The fourth-order valence-electron chi connectivity index (χ4n) is 2.77. The number of carbonyl (C=O) groups is 2. The van der Waals surface area contributed by atoms with Gasteiger partial charge in [0.05, 0.1) is 6.04 Å². The predicted molar refractivity (Wildman–Crippen MR) is 78.0 cm³/mol. The van der Waals surface area contributed by atoms with E-state index in [4.69, 9.17) is 0 Å². The Morgan fingerprint density at radius 2 is 1.85 bits per heavy atom. The highest BCUT2D eigenvalue weighted by atomic mass is 16.2. The van der Waals surface area contributed by atoms with E-state index in [1.165, 1.54) is 0 Å². The van der Waals surface area contributed by atoms with E-state index in [9.17, 15) is 9.59 Å². The molecule has 1 aliphatic heterocycles. The van der Waals surface area contributed by atoms with Crippen LogP contribution in [0.2, 0.25) is 0 Å². The quantitative estimate of drug-likeness (QED) is 0.919. The summed E-state index contributed by atoms with van der Waals surface area (Å²) < 4.78 is 0. The first-order chi connectivity index (χ1) is 9.38. The minimum Gasteiger partial charge on any atom is -0.340 e. The third-order valence-corrected chi connectivity index (χ3v) is 3.91. The van der Waals surface area contributed by atoms with E-state index in [1.54, 1.807) is 25.7 Å². The predicted octanol–water partition coefficient (Wildman–Crippen LogP) is 2.26. The Morgan fingerprint density at radius 1 is 1.25 bits per heavy atom. The minimum atomic E-state index is -0.841. The van der Waals surface area contributed by atoms with Gasteiger partial charge in [-0.15, -0.1) is 0 Å². The maximum atomic E-state index is 12.7. The average Bonchev–Trinajstić information content (AvgIpc) is 2.42. The summed E-state index contributed by atoms with van der Waals surface area (Å²) in [6.07, 6.45) is 0.781. The lowest BCUT2D eigenvalue weighted by Crippen LogP contribution is -2.67. The zero-order valence-corrected chi connectivity index (χ0v) is 12.5. The van der Waals surface area contributed by atoms with Gasteiger partial charge in [-0.2, -0.15) is 0 Å². The second-order valence-electron chi connectivity index (χ2n) is 5.84. The van der Waals surface area contributed by atoms with E-state index in [1.807, 2.05) is 37.3 Å². The summed E-state index contributed by atoms with van der Waals surface area (Å²) in [7, 11) is 0. The summed E-state index contributed by atoms with van der Waals surface area (Å²) in [5.74, 6) is -0.121. The summed E-state index contributed by atoms with van der Waals surface area (Å²) >= 11 is 0. The van der Waals surface area contributed by atoms with Gasteiger partial charge in [0.2, 0.25) is 11.8 Å². The highest BCUT2D eigenvalue weighted by molar-refractivity contribution is 5.99. The Hall–Kier alpha value is -1.84. The van der Waals surface area contributed by atoms with Crippen molar-refractivity contribution in [1.82, 2.24) is 10.2 Å². The maximum absolute atomic E-state index is 12.7. The second-order valence-corrected chi connectivity index (χ2v) is 5.84. The largest absolute Gasteiger partial charge is 0.340 e. The first-order valence-corrected chi connectivity index (χ1v) is 7.08. The molecule has 1 aliphatic rings. The van der Waals surface area contributed by atoms with E-state index in [0.29, 0.717) is 0 Å². The molecule has 0 aromatic heterocycles. The van der Waals surface area contributed by atoms with E-state index < -0.39 is 11.6 Å². The molecule has 1 aromatic carbocycles. The molecule has 1 heterocycles. The lowest BCUT2D eigenvalue weighted by atomic mass is 9.92. The summed E-state index contributed by atoms with van der Waals surface area (Å²) in [5.41, 5.74) is 0.229. The van der Waals surface area contributed by atoms with Crippen LogP contribution in [0.4, 0.5) is 0 Å². The van der Waals surface area contributed by atoms with Crippen LogP contribution in [0.5, 0.6) is 0 Å². The number of rotatable bonds is 3. The first-order valence-electron chi connectivity index (χ1n) is 7.08. The maximum Gasteiger partial charge on any atom is 0.248 e. The summed E-state index contributed by atoms with van der Waals surface area (Å²) in [5, 5.41) is 2.79. The Labute approximate surface area is 120 Å². The van der Waals surface area contributed by atoms with Crippen LogP contribution in [0.3, 0.4) is 0 Å². The van der Waals surface area contributed by atoms with Crippen LogP contribution in [-0.4, -0.2) is 28.3 Å². The lowest BCUT2D eigenvalue weighted by Gasteiger charge is -2.45. The van der Waals surface area contributed by atoms with Gasteiger partial charge in [-0.3, -0.25) is 9.59 Å². The standard InChI is InChI=1S/C16H22N2O2/c1-5-13(12-9-7-6-8-10-12)18-11(2)14(19)17-16(3,4)15(18)20/h6-11,13H,5H2,1-4H3,(H,17,19). The molecule has 4 heteroatoms. The van der Waals surface area contributed by atoms with Crippen LogP contribution in [0.15, 0.2) is 30.3 Å². The van der Waals surface area contributed by atoms with Gasteiger partial charge in [-0.25, -0.2) is 0 Å². The molecule has 2 unspecified atom stereocenters. The van der Waals surface area contributed by atoms with Crippen molar-refractivity contribution < 1.29 is 9.59 Å². The third kappa shape index (κ3) is 2.42. The van der Waals surface area contributed by atoms with Crippen molar-refractivity contribution in [3.63, 3.8) is 0 Å². The molecular weight excluding hydrogens is 252 g/mol. The minimum absolute atomic E-state index is 0.0275. The number of nitrogens with one attached hydrogen (secondary N) is 1. The van der Waals surface area contributed by atoms with Crippen molar-refractivity contribution >= 4 is 11.8 Å². The average molecular weight is 274 g/mol. The van der Waals surface area contributed by atoms with Crippen molar-refractivity contribution in [3.05, 3.63) is 35.9 Å². The number of nitrogens with zero attached hydrogens (tertiary/aromatic N) is 1. The van der Waals surface area contributed by atoms with Gasteiger partial charge in [0.15, 0.2) is 0 Å². The number of amides is 2. The smallest absolute Gasteiger partial charge is 0.248 e. The number of carbonyl (C=O) groups excluding carboxylic acids is 2. The number of hydrogen-bond donors (Lipinski definition) is 1. The molecule has 1 aromatic rings. The van der Waals surface area contributed by atoms with Gasteiger partial charge in [0.25, 0.3) is 0 Å². The molecule has 1 saturated heterocycles. The number of hydrogen-bond acceptors (Lipinski definition) is 2. The van der Waals surface area contributed by atoms with Gasteiger partial charge < -0.3 is 10.2 Å². The SMILES string of the molecule is CCC(c1ccccc1)N1C(=O)C(C)(C)NC(=O)C1C. The normalized spacial score (nSPS) is 23.4. The first kappa shape index (κ1) is 14.6. The van der Waals surface area contributed by atoms with Gasteiger partial charge in [0.1, 0.15) is 11.6 Å². The Balaban J connectivity index is 2.41. The molecule has 4 nitrogen and oxygen atoms in total. The molecule has 0 saturated carbocycles. The van der Waals surface area contributed by atoms with Crippen molar-refractivity contribution in [3.8, 4) is 0 Å². The molecule has 2 atom stereocenters. The van der Waals surface area contributed by atoms with Crippen LogP contribution in [0.1, 0.15) is 45.7 Å². The van der Waals surface area contributed by atoms with Crippen LogP contribution < -0.4 is 5.32 Å². The molecule has 108 valence electrons. The molecule has 2 rings (SSSR count). The fraction of sp³-hybridized carbons (Fsp3) is 0.500. The van der Waals surface area contributed by atoms with E-state index >= 15 is 0 Å². The zero-order valence-electron chi connectivity index (χ0n) is 12.5. The highest BCUT2D eigenvalue weighted by Crippen LogP contribution is 2.31. The van der Waals surface area contributed by atoms with Gasteiger partial charge >= 0.3 is 0 Å². The Bertz CT molecular complexity index is 510. The van der Waals surface area contributed by atoms with Crippen LogP contribution in [0, 0.1) is 0 Å². The second kappa shape index (κ2) is 5.27. The molecule has 1 fully saturated rings. The highest BCUT2D eigenvalue weighted by Gasteiger charge is 2.45. The van der Waals surface area contributed by atoms with Crippen LogP contribution >= 0.6 is 0 Å². The van der Waals surface area contributed by atoms with Gasteiger partial charge in [-0.05, 0) is 32.8 Å². The van der Waals surface area contributed by atoms with Crippen molar-refractivity contribution in [2.75, 3.05) is 0 Å². The summed E-state index contributed by atoms with van der Waals surface area (Å²) in [4.78, 5) is 26.5. The molecular formula is C16H22N2O2. The molecule has 2 amide bonds. The number of piperazine rings is 1. The summed E-state index contributed by atoms with van der Waals surface area (Å²) in [6, 6.07) is 9.38. The molecule has 0 aliphatic carbocycles. The third-order valence-electron chi connectivity index (χ3n) is 3.91. The number of benzene rings is 1. The van der Waals surface area contributed by atoms with Crippen LogP contribution in [-0.2, 0) is 9.59 Å². The Morgan fingerprint density at radius 3 is 2.40 bits per heavy atom.